The standard InChI is InChI=1S/C29H26FN9O2S/c1-42(40,41)34-11-16-6-18(8-19(30)7-16)28-22-10-25(35-23(22)4-5-33-28)29-21-9-17(2-3-24(21)37-38-29)26-12-32-13-27(36-26)39-14-20(31)15-39/h2-10,12-13,20,34-35H,11,14-15,31H2,1H3,(H,37,38). The van der Waals surface area contributed by atoms with Gasteiger partial charge in [0.15, 0.2) is 0 Å². The van der Waals surface area contributed by atoms with E-state index in [1.807, 2.05) is 30.3 Å². The third-order valence-corrected chi connectivity index (χ3v) is 7.96. The maximum atomic E-state index is 14.6. The van der Waals surface area contributed by atoms with Crippen LogP contribution in [0.3, 0.4) is 0 Å². The molecule has 5 N–H and O–H groups in total. The Morgan fingerprint density at radius 3 is 2.67 bits per heavy atom. The van der Waals surface area contributed by atoms with Gasteiger partial charge in [0.1, 0.15) is 17.3 Å². The van der Waals surface area contributed by atoms with Crippen LogP contribution in [-0.2, 0) is 16.6 Å². The molecule has 0 radical (unpaired) electrons. The SMILES string of the molecule is CS(=O)(=O)NCc1cc(F)cc(-c2nccc3[nH]c(-c4n[nH]c5ccc(-c6cncc(N7CC(N)C7)n6)cc45)cc23)c1. The van der Waals surface area contributed by atoms with Gasteiger partial charge in [0.2, 0.25) is 10.0 Å². The van der Waals surface area contributed by atoms with Crippen LogP contribution in [0.4, 0.5) is 10.2 Å². The summed E-state index contributed by atoms with van der Waals surface area (Å²) in [7, 11) is -3.43. The van der Waals surface area contributed by atoms with Crippen molar-refractivity contribution in [3.63, 3.8) is 0 Å². The summed E-state index contributed by atoms with van der Waals surface area (Å²) in [4.78, 5) is 19.3. The van der Waals surface area contributed by atoms with E-state index >= 15 is 0 Å². The molecule has 11 nitrogen and oxygen atoms in total. The number of sulfonamides is 1. The van der Waals surface area contributed by atoms with Crippen molar-refractivity contribution in [2.45, 2.75) is 12.6 Å². The average molecular weight is 584 g/mol. The Hall–Kier alpha value is -4.72. The van der Waals surface area contributed by atoms with Gasteiger partial charge in [0.05, 0.1) is 41.2 Å². The summed E-state index contributed by atoms with van der Waals surface area (Å²) in [5.41, 5.74) is 12.3. The number of aromatic nitrogens is 6. The molecular formula is C29H26FN9O2S. The molecule has 1 aliphatic heterocycles. The summed E-state index contributed by atoms with van der Waals surface area (Å²) >= 11 is 0. The fraction of sp³-hybridized carbons (Fsp3) is 0.172. The number of hydrogen-bond donors (Lipinski definition) is 4. The molecule has 212 valence electrons. The molecule has 1 aliphatic rings. The molecule has 0 saturated carbocycles. The number of hydrogen-bond acceptors (Lipinski definition) is 8. The van der Waals surface area contributed by atoms with Gasteiger partial charge in [-0.2, -0.15) is 5.10 Å². The highest BCUT2D eigenvalue weighted by Crippen LogP contribution is 2.35. The van der Waals surface area contributed by atoms with E-state index in [0.717, 1.165) is 63.9 Å². The topological polar surface area (TPSA) is 159 Å². The number of nitrogens with one attached hydrogen (secondary N) is 3. The number of rotatable bonds is 7. The molecule has 13 heteroatoms. The lowest BCUT2D eigenvalue weighted by atomic mass is 10.0. The summed E-state index contributed by atoms with van der Waals surface area (Å²) in [6.07, 6.45) is 6.20. The van der Waals surface area contributed by atoms with Crippen molar-refractivity contribution < 1.29 is 12.8 Å². The Bertz CT molecular complexity index is 2080. The first-order valence-corrected chi connectivity index (χ1v) is 15.1. The van der Waals surface area contributed by atoms with Crippen molar-refractivity contribution in [2.24, 2.45) is 5.73 Å². The largest absolute Gasteiger partial charge is 0.353 e. The minimum Gasteiger partial charge on any atom is -0.353 e. The Morgan fingerprint density at radius 1 is 1.02 bits per heavy atom. The second-order valence-electron chi connectivity index (χ2n) is 10.5. The number of nitrogens with zero attached hydrogens (tertiary/aromatic N) is 5. The maximum Gasteiger partial charge on any atom is 0.209 e. The molecule has 1 fully saturated rings. The van der Waals surface area contributed by atoms with Gasteiger partial charge >= 0.3 is 0 Å². The van der Waals surface area contributed by atoms with E-state index in [1.54, 1.807) is 24.7 Å². The van der Waals surface area contributed by atoms with E-state index in [2.05, 4.69) is 34.8 Å². The molecule has 2 aromatic carbocycles. The van der Waals surface area contributed by atoms with E-state index in [4.69, 9.17) is 10.7 Å². The van der Waals surface area contributed by atoms with Crippen molar-refractivity contribution in [1.29, 1.82) is 0 Å². The molecule has 6 aromatic rings. The number of halogens is 1. The second kappa shape index (κ2) is 9.98. The average Bonchev–Trinajstić information content (AvgIpc) is 3.57. The first-order valence-electron chi connectivity index (χ1n) is 13.2. The first-order chi connectivity index (χ1) is 20.2. The number of aromatic amines is 2. The minimum absolute atomic E-state index is 0.0294. The van der Waals surface area contributed by atoms with Crippen molar-refractivity contribution >= 4 is 37.6 Å². The molecule has 0 spiro atoms. The number of nitrogens with two attached hydrogens (primary N) is 1. The van der Waals surface area contributed by atoms with Gasteiger partial charge in [-0.3, -0.25) is 15.1 Å². The van der Waals surface area contributed by atoms with Crippen LogP contribution in [0, 0.1) is 5.82 Å². The van der Waals surface area contributed by atoms with Gasteiger partial charge in [-0.1, -0.05) is 6.07 Å². The Balaban J connectivity index is 1.26. The zero-order valence-electron chi connectivity index (χ0n) is 22.5. The van der Waals surface area contributed by atoms with Crippen LogP contribution in [0.2, 0.25) is 0 Å². The molecule has 7 rings (SSSR count). The molecule has 42 heavy (non-hydrogen) atoms. The van der Waals surface area contributed by atoms with Crippen molar-refractivity contribution in [1.82, 2.24) is 34.9 Å². The summed E-state index contributed by atoms with van der Waals surface area (Å²) in [6.45, 7) is 1.49. The van der Waals surface area contributed by atoms with Crippen molar-refractivity contribution in [2.75, 3.05) is 24.2 Å². The van der Waals surface area contributed by atoms with Crippen molar-refractivity contribution in [3.05, 3.63) is 78.5 Å². The lowest BCUT2D eigenvalue weighted by Gasteiger charge is -2.37. The predicted octanol–water partition coefficient (Wildman–Crippen LogP) is 3.57. The Labute approximate surface area is 240 Å². The number of pyridine rings is 1. The summed E-state index contributed by atoms with van der Waals surface area (Å²) in [5.74, 6) is 0.312. The fourth-order valence-electron chi connectivity index (χ4n) is 5.24. The van der Waals surface area contributed by atoms with Crippen LogP contribution >= 0.6 is 0 Å². The highest BCUT2D eigenvalue weighted by atomic mass is 32.2. The second-order valence-corrected chi connectivity index (χ2v) is 12.3. The van der Waals surface area contributed by atoms with Crippen LogP contribution in [0.25, 0.3) is 55.7 Å². The van der Waals surface area contributed by atoms with Gasteiger partial charge in [-0.05, 0) is 48.0 Å². The lowest BCUT2D eigenvalue weighted by Crippen LogP contribution is -2.56. The Morgan fingerprint density at radius 2 is 1.86 bits per heavy atom. The van der Waals surface area contributed by atoms with Crippen LogP contribution in [0.15, 0.2) is 67.1 Å². The van der Waals surface area contributed by atoms with Gasteiger partial charge in [-0.25, -0.2) is 22.5 Å². The fourth-order valence-corrected chi connectivity index (χ4v) is 5.67. The van der Waals surface area contributed by atoms with Crippen molar-refractivity contribution in [3.8, 4) is 33.9 Å². The summed E-state index contributed by atoms with van der Waals surface area (Å²) in [6, 6.07) is 14.3. The van der Waals surface area contributed by atoms with E-state index in [9.17, 15) is 12.8 Å². The lowest BCUT2D eigenvalue weighted by molar-refractivity contribution is 0.514. The van der Waals surface area contributed by atoms with Crippen LogP contribution < -0.4 is 15.4 Å². The Kier molecular flexibility index (Phi) is 6.22. The molecule has 5 heterocycles. The number of anilines is 1. The van der Waals surface area contributed by atoms with Gasteiger partial charge < -0.3 is 15.6 Å². The predicted molar refractivity (Wildman–Crippen MR) is 159 cm³/mol. The minimum atomic E-state index is -3.43. The zero-order valence-corrected chi connectivity index (χ0v) is 23.3. The molecule has 1 saturated heterocycles. The third kappa shape index (κ3) is 4.98. The molecule has 0 atom stereocenters. The van der Waals surface area contributed by atoms with E-state index in [0.29, 0.717) is 22.5 Å². The van der Waals surface area contributed by atoms with Gasteiger partial charge in [-0.15, -0.1) is 0 Å². The van der Waals surface area contributed by atoms with Crippen LogP contribution in [0.5, 0.6) is 0 Å². The molecule has 4 aromatic heterocycles. The number of fused-ring (bicyclic) bond motifs is 2. The van der Waals surface area contributed by atoms with E-state index in [1.165, 1.54) is 12.1 Å². The maximum absolute atomic E-state index is 14.6. The highest BCUT2D eigenvalue weighted by Gasteiger charge is 2.25. The first kappa shape index (κ1) is 26.2. The van der Waals surface area contributed by atoms with Gasteiger partial charge in [0.25, 0.3) is 0 Å². The highest BCUT2D eigenvalue weighted by molar-refractivity contribution is 7.88. The monoisotopic (exact) mass is 583 g/mol. The molecular weight excluding hydrogens is 557 g/mol. The molecule has 0 aliphatic carbocycles. The normalized spacial score (nSPS) is 14.1. The smallest absolute Gasteiger partial charge is 0.209 e. The molecule has 0 unspecified atom stereocenters. The van der Waals surface area contributed by atoms with Crippen LogP contribution in [-0.4, -0.2) is 63.9 Å². The molecule has 0 amide bonds. The van der Waals surface area contributed by atoms with Crippen LogP contribution in [0.1, 0.15) is 5.56 Å². The number of benzene rings is 2. The van der Waals surface area contributed by atoms with E-state index in [-0.39, 0.29) is 12.6 Å². The summed E-state index contributed by atoms with van der Waals surface area (Å²) in [5, 5.41) is 9.36. The van der Waals surface area contributed by atoms with Gasteiger partial charge in [0, 0.05) is 59.3 Å². The quantitative estimate of drug-likeness (QED) is 0.222. The number of H-pyrrole nitrogens is 2. The third-order valence-electron chi connectivity index (χ3n) is 7.29. The molecule has 0 bridgehead atoms. The zero-order chi connectivity index (χ0) is 29.0. The summed E-state index contributed by atoms with van der Waals surface area (Å²) < 4.78 is 40.1. The van der Waals surface area contributed by atoms with E-state index < -0.39 is 15.8 Å².